The summed E-state index contributed by atoms with van der Waals surface area (Å²) in [5, 5.41) is 4.11. The molecule has 112 valence electrons. The lowest BCUT2D eigenvalue weighted by Crippen LogP contribution is -2.41. The Bertz CT molecular complexity index is 598. The monoisotopic (exact) mass is 287 g/mol. The molecule has 5 heteroatoms. The quantitative estimate of drug-likeness (QED) is 0.938. The van der Waals surface area contributed by atoms with Crippen LogP contribution >= 0.6 is 0 Å². The number of ether oxygens (including phenoxy) is 1. The maximum atomic E-state index is 6.47. The highest BCUT2D eigenvalue weighted by Gasteiger charge is 2.36. The van der Waals surface area contributed by atoms with Gasteiger partial charge in [0.2, 0.25) is 0 Å². The van der Waals surface area contributed by atoms with E-state index in [1.165, 1.54) is 0 Å². The van der Waals surface area contributed by atoms with Crippen LogP contribution < -0.4 is 10.5 Å². The second-order valence-corrected chi connectivity index (χ2v) is 5.99. The lowest BCUT2D eigenvalue weighted by Gasteiger charge is -2.33. The molecule has 1 aromatic heterocycles. The zero-order valence-electron chi connectivity index (χ0n) is 12.5. The summed E-state index contributed by atoms with van der Waals surface area (Å²) in [5.74, 6) is 2.67. The number of benzene rings is 1. The van der Waals surface area contributed by atoms with Crippen LogP contribution in [-0.2, 0) is 5.54 Å². The first-order chi connectivity index (χ1) is 10.1. The highest BCUT2D eigenvalue weighted by atomic mass is 16.5. The molecule has 5 nitrogen and oxygen atoms in total. The minimum absolute atomic E-state index is 0.444. The molecule has 2 aromatic rings. The predicted octanol–water partition coefficient (Wildman–Crippen LogP) is 3.11. The topological polar surface area (TPSA) is 74.2 Å². The smallest absolute Gasteiger partial charge is 0.257 e. The average Bonchev–Trinajstić information content (AvgIpc) is 3.01. The first-order valence-electron chi connectivity index (χ1n) is 7.38. The molecule has 21 heavy (non-hydrogen) atoms. The molecule has 1 aliphatic carbocycles. The summed E-state index contributed by atoms with van der Waals surface area (Å²) in [6.45, 7) is 2.26. The molecular weight excluding hydrogens is 266 g/mol. The minimum atomic E-state index is -0.444. The van der Waals surface area contributed by atoms with E-state index in [1.807, 2.05) is 24.3 Å². The summed E-state index contributed by atoms with van der Waals surface area (Å²) in [6.07, 6.45) is 4.05. The molecule has 0 radical (unpaired) electrons. The molecule has 1 saturated carbocycles. The summed E-state index contributed by atoms with van der Waals surface area (Å²) in [7, 11) is 1.64. The molecule has 0 unspecified atom stereocenters. The van der Waals surface area contributed by atoms with Crippen LogP contribution in [0, 0.1) is 5.92 Å². The largest absolute Gasteiger partial charge is 0.497 e. The molecule has 1 aromatic carbocycles. The second kappa shape index (κ2) is 5.48. The Kier molecular flexibility index (Phi) is 3.68. The Balaban J connectivity index is 1.82. The van der Waals surface area contributed by atoms with Crippen molar-refractivity contribution in [2.75, 3.05) is 7.11 Å². The van der Waals surface area contributed by atoms with Gasteiger partial charge in [-0.15, -0.1) is 0 Å². The molecule has 1 fully saturated rings. The van der Waals surface area contributed by atoms with Gasteiger partial charge in [0, 0.05) is 5.56 Å². The highest BCUT2D eigenvalue weighted by Crippen LogP contribution is 2.36. The Morgan fingerprint density at radius 1 is 1.24 bits per heavy atom. The number of methoxy groups -OCH3 is 1. The van der Waals surface area contributed by atoms with Crippen molar-refractivity contribution < 1.29 is 9.26 Å². The van der Waals surface area contributed by atoms with Crippen LogP contribution in [0.4, 0.5) is 0 Å². The van der Waals surface area contributed by atoms with Gasteiger partial charge < -0.3 is 15.0 Å². The van der Waals surface area contributed by atoms with E-state index in [2.05, 4.69) is 17.1 Å². The molecular formula is C16H21N3O2. The van der Waals surface area contributed by atoms with Crippen LogP contribution in [0.3, 0.4) is 0 Å². The molecule has 3 rings (SSSR count). The van der Waals surface area contributed by atoms with Gasteiger partial charge >= 0.3 is 0 Å². The van der Waals surface area contributed by atoms with Crippen LogP contribution in [0.15, 0.2) is 28.8 Å². The number of hydrogen-bond donors (Lipinski definition) is 1. The van der Waals surface area contributed by atoms with E-state index in [4.69, 9.17) is 15.0 Å². The SMILES string of the molecule is COc1ccc(-c2nc(C3(N)CCC(C)CC3)no2)cc1. The van der Waals surface area contributed by atoms with E-state index in [-0.39, 0.29) is 0 Å². The van der Waals surface area contributed by atoms with Gasteiger partial charge in [-0.2, -0.15) is 4.98 Å². The number of nitrogens with zero attached hydrogens (tertiary/aromatic N) is 2. The number of aromatic nitrogens is 2. The van der Waals surface area contributed by atoms with Crippen molar-refractivity contribution in [1.82, 2.24) is 10.1 Å². The maximum Gasteiger partial charge on any atom is 0.257 e. The third-order valence-corrected chi connectivity index (χ3v) is 4.37. The molecule has 1 aliphatic rings. The first kappa shape index (κ1) is 14.1. The van der Waals surface area contributed by atoms with Gasteiger partial charge in [-0.3, -0.25) is 0 Å². The second-order valence-electron chi connectivity index (χ2n) is 5.99. The van der Waals surface area contributed by atoms with Gasteiger partial charge in [-0.1, -0.05) is 12.1 Å². The minimum Gasteiger partial charge on any atom is -0.497 e. The normalized spacial score (nSPS) is 25.8. The molecule has 1 heterocycles. The molecule has 0 atom stereocenters. The van der Waals surface area contributed by atoms with E-state index in [1.54, 1.807) is 7.11 Å². The van der Waals surface area contributed by atoms with Crippen LogP contribution in [0.25, 0.3) is 11.5 Å². The summed E-state index contributed by atoms with van der Waals surface area (Å²) in [5.41, 5.74) is 6.91. The highest BCUT2D eigenvalue weighted by molar-refractivity contribution is 5.54. The third-order valence-electron chi connectivity index (χ3n) is 4.37. The van der Waals surface area contributed by atoms with Crippen molar-refractivity contribution >= 4 is 0 Å². The Hall–Kier alpha value is -1.88. The van der Waals surface area contributed by atoms with Crippen molar-refractivity contribution in [3.8, 4) is 17.2 Å². The molecule has 0 saturated heterocycles. The summed E-state index contributed by atoms with van der Waals surface area (Å²) in [6, 6.07) is 7.56. The van der Waals surface area contributed by atoms with E-state index in [0.29, 0.717) is 11.7 Å². The van der Waals surface area contributed by atoms with Crippen LogP contribution in [-0.4, -0.2) is 17.3 Å². The maximum absolute atomic E-state index is 6.47. The van der Waals surface area contributed by atoms with Crippen molar-refractivity contribution in [3.63, 3.8) is 0 Å². The molecule has 0 spiro atoms. The molecule has 2 N–H and O–H groups in total. The lowest BCUT2D eigenvalue weighted by atomic mass is 9.77. The van der Waals surface area contributed by atoms with Gasteiger partial charge in [0.05, 0.1) is 12.6 Å². The van der Waals surface area contributed by atoms with Gasteiger partial charge in [0.25, 0.3) is 5.89 Å². The first-order valence-corrected chi connectivity index (χ1v) is 7.38. The standard InChI is InChI=1S/C16H21N3O2/c1-11-7-9-16(17,10-8-11)15-18-14(21-19-15)12-3-5-13(20-2)6-4-12/h3-6,11H,7-10,17H2,1-2H3. The predicted molar refractivity (Wildman–Crippen MR) is 79.8 cm³/mol. The lowest BCUT2D eigenvalue weighted by molar-refractivity contribution is 0.230. The van der Waals surface area contributed by atoms with E-state index < -0.39 is 5.54 Å². The molecule has 0 aliphatic heterocycles. The van der Waals surface area contributed by atoms with Gasteiger partial charge in [-0.25, -0.2) is 0 Å². The number of rotatable bonds is 3. The van der Waals surface area contributed by atoms with Gasteiger partial charge in [-0.05, 0) is 55.9 Å². The van der Waals surface area contributed by atoms with Crippen LogP contribution in [0.1, 0.15) is 38.4 Å². The Morgan fingerprint density at radius 2 is 1.90 bits per heavy atom. The van der Waals surface area contributed by atoms with E-state index >= 15 is 0 Å². The summed E-state index contributed by atoms with van der Waals surface area (Å²) < 4.78 is 10.5. The zero-order chi connectivity index (χ0) is 14.9. The van der Waals surface area contributed by atoms with Gasteiger partial charge in [0.1, 0.15) is 5.75 Å². The van der Waals surface area contributed by atoms with Crippen molar-refractivity contribution in [1.29, 1.82) is 0 Å². The molecule has 0 bridgehead atoms. The van der Waals surface area contributed by atoms with E-state index in [0.717, 1.165) is 42.9 Å². The summed E-state index contributed by atoms with van der Waals surface area (Å²) >= 11 is 0. The van der Waals surface area contributed by atoms with Crippen molar-refractivity contribution in [2.45, 2.75) is 38.1 Å². The van der Waals surface area contributed by atoms with E-state index in [9.17, 15) is 0 Å². The third kappa shape index (κ3) is 2.78. The summed E-state index contributed by atoms with van der Waals surface area (Å²) in [4.78, 5) is 4.51. The fraction of sp³-hybridized carbons (Fsp3) is 0.500. The van der Waals surface area contributed by atoms with Gasteiger partial charge in [0.15, 0.2) is 5.82 Å². The number of nitrogens with two attached hydrogens (primary N) is 1. The van der Waals surface area contributed by atoms with Crippen LogP contribution in [0.5, 0.6) is 5.75 Å². The van der Waals surface area contributed by atoms with Crippen molar-refractivity contribution in [2.24, 2.45) is 11.7 Å². The van der Waals surface area contributed by atoms with Crippen molar-refractivity contribution in [3.05, 3.63) is 30.1 Å². The van der Waals surface area contributed by atoms with Crippen LogP contribution in [0.2, 0.25) is 0 Å². The molecule has 0 amide bonds. The fourth-order valence-corrected chi connectivity index (χ4v) is 2.78. The Labute approximate surface area is 124 Å². The fourth-order valence-electron chi connectivity index (χ4n) is 2.78. The number of hydrogen-bond acceptors (Lipinski definition) is 5. The Morgan fingerprint density at radius 3 is 2.52 bits per heavy atom. The zero-order valence-corrected chi connectivity index (χ0v) is 12.5. The average molecular weight is 287 g/mol.